The molecular weight excluding hydrogens is 369 g/mol. The van der Waals surface area contributed by atoms with Gasteiger partial charge in [-0.2, -0.15) is 0 Å². The van der Waals surface area contributed by atoms with Crippen molar-refractivity contribution < 1.29 is 4.79 Å². The number of halogens is 2. The highest BCUT2D eigenvalue weighted by atomic mass is 35.5. The Labute approximate surface area is 167 Å². The highest BCUT2D eigenvalue weighted by Crippen LogP contribution is 2.33. The molecule has 0 unspecified atom stereocenters. The van der Waals surface area contributed by atoms with Crippen molar-refractivity contribution in [1.29, 1.82) is 0 Å². The molecule has 2 aromatic carbocycles. The third-order valence-electron chi connectivity index (χ3n) is 5.39. The minimum Gasteiger partial charge on any atom is -0.399 e. The van der Waals surface area contributed by atoms with Gasteiger partial charge in [0.05, 0.1) is 5.92 Å². The van der Waals surface area contributed by atoms with Gasteiger partial charge in [0.25, 0.3) is 0 Å². The molecule has 3 N–H and O–H groups in total. The quantitative estimate of drug-likeness (QED) is 0.772. The molecular formula is C20H25Cl2N3O. The Morgan fingerprint density at radius 1 is 0.923 bits per heavy atom. The van der Waals surface area contributed by atoms with Gasteiger partial charge in [0.2, 0.25) is 5.91 Å². The summed E-state index contributed by atoms with van der Waals surface area (Å²) < 4.78 is 0. The van der Waals surface area contributed by atoms with E-state index < -0.39 is 0 Å². The summed E-state index contributed by atoms with van der Waals surface area (Å²) in [6.45, 7) is 3.23. The van der Waals surface area contributed by atoms with Crippen LogP contribution in [0.25, 0.3) is 11.1 Å². The van der Waals surface area contributed by atoms with Crippen LogP contribution in [0.3, 0.4) is 0 Å². The number of rotatable bonds is 3. The van der Waals surface area contributed by atoms with Crippen LogP contribution in [0.5, 0.6) is 0 Å². The number of hydrogen-bond donors (Lipinski definition) is 2. The van der Waals surface area contributed by atoms with Crippen molar-refractivity contribution in [2.24, 2.45) is 11.8 Å². The number of amides is 1. The topological polar surface area (TPSA) is 58.4 Å². The standard InChI is InChI=1S/C20H23N3O.2ClH/c21-17-5-1-14(2-6-17)15-3-7-18(8-4-15)22-20(24)19-13-23-11-9-16(19)10-12-23;;/h1-8,16,19H,9-13,21H2,(H,22,24);2*1H/t19-;;/m0../s1. The first kappa shape index (κ1) is 20.6. The Bertz CT molecular complexity index is 726. The number of nitrogens with two attached hydrogens (primary N) is 1. The maximum atomic E-state index is 12.6. The molecule has 3 saturated heterocycles. The van der Waals surface area contributed by atoms with Crippen molar-refractivity contribution in [3.63, 3.8) is 0 Å². The van der Waals surface area contributed by atoms with Crippen molar-refractivity contribution in [3.05, 3.63) is 48.5 Å². The summed E-state index contributed by atoms with van der Waals surface area (Å²) in [4.78, 5) is 15.0. The molecule has 1 amide bonds. The zero-order valence-corrected chi connectivity index (χ0v) is 16.2. The molecule has 0 aromatic heterocycles. The number of nitrogens with zero attached hydrogens (tertiary/aromatic N) is 1. The fraction of sp³-hybridized carbons (Fsp3) is 0.350. The number of fused-ring (bicyclic) bond motifs is 3. The molecule has 6 heteroatoms. The predicted molar refractivity (Wildman–Crippen MR) is 112 cm³/mol. The molecule has 26 heavy (non-hydrogen) atoms. The Balaban J connectivity index is 0.00000121. The highest BCUT2D eigenvalue weighted by molar-refractivity contribution is 5.93. The zero-order valence-electron chi connectivity index (χ0n) is 14.6. The van der Waals surface area contributed by atoms with Crippen LogP contribution in [-0.2, 0) is 4.79 Å². The average Bonchev–Trinajstić information content (AvgIpc) is 2.64. The summed E-state index contributed by atoms with van der Waals surface area (Å²) in [5.41, 5.74) is 9.61. The second-order valence-corrected chi connectivity index (χ2v) is 6.93. The summed E-state index contributed by atoms with van der Waals surface area (Å²) in [6, 6.07) is 15.9. The van der Waals surface area contributed by atoms with E-state index in [9.17, 15) is 4.79 Å². The van der Waals surface area contributed by atoms with Gasteiger partial charge >= 0.3 is 0 Å². The van der Waals surface area contributed by atoms with Gasteiger partial charge in [0, 0.05) is 17.9 Å². The molecule has 0 saturated carbocycles. The van der Waals surface area contributed by atoms with Crippen LogP contribution in [-0.4, -0.2) is 30.4 Å². The Hall–Kier alpha value is -1.75. The molecule has 0 spiro atoms. The summed E-state index contributed by atoms with van der Waals surface area (Å²) in [7, 11) is 0. The fourth-order valence-electron chi connectivity index (χ4n) is 3.92. The molecule has 3 heterocycles. The second-order valence-electron chi connectivity index (χ2n) is 6.93. The van der Waals surface area contributed by atoms with Crippen LogP contribution in [0.2, 0.25) is 0 Å². The van der Waals surface area contributed by atoms with Crippen molar-refractivity contribution in [2.75, 3.05) is 30.7 Å². The number of nitrogens with one attached hydrogen (secondary N) is 1. The van der Waals surface area contributed by atoms with Crippen LogP contribution in [0.4, 0.5) is 11.4 Å². The molecule has 4 nitrogen and oxygen atoms in total. The van der Waals surface area contributed by atoms with E-state index in [0.29, 0.717) is 5.92 Å². The first-order valence-electron chi connectivity index (χ1n) is 8.68. The Morgan fingerprint density at radius 3 is 1.96 bits per heavy atom. The third kappa shape index (κ3) is 4.32. The van der Waals surface area contributed by atoms with Crippen LogP contribution < -0.4 is 11.1 Å². The van der Waals surface area contributed by atoms with Gasteiger partial charge in [-0.05, 0) is 67.2 Å². The van der Waals surface area contributed by atoms with Crippen molar-refractivity contribution in [2.45, 2.75) is 12.8 Å². The minimum atomic E-state index is 0. The second kappa shape index (κ2) is 8.76. The van der Waals surface area contributed by atoms with Crippen LogP contribution in [0.15, 0.2) is 48.5 Å². The molecule has 0 radical (unpaired) electrons. The molecule has 2 bridgehead atoms. The normalized spacial score (nSPS) is 23.5. The molecule has 0 aliphatic carbocycles. The van der Waals surface area contributed by atoms with E-state index >= 15 is 0 Å². The summed E-state index contributed by atoms with van der Waals surface area (Å²) in [5, 5.41) is 3.10. The van der Waals surface area contributed by atoms with E-state index in [1.165, 1.54) is 0 Å². The number of carbonyl (C=O) groups excluding carboxylic acids is 1. The number of carbonyl (C=O) groups is 1. The monoisotopic (exact) mass is 393 g/mol. The molecule has 3 aliphatic rings. The molecule has 1 atom stereocenters. The van der Waals surface area contributed by atoms with E-state index in [2.05, 4.69) is 10.2 Å². The fourth-order valence-corrected chi connectivity index (χ4v) is 3.92. The van der Waals surface area contributed by atoms with Gasteiger partial charge in [-0.25, -0.2) is 0 Å². The van der Waals surface area contributed by atoms with Crippen molar-refractivity contribution >= 4 is 42.1 Å². The van der Waals surface area contributed by atoms with E-state index in [0.717, 1.165) is 55.0 Å². The van der Waals surface area contributed by atoms with Gasteiger partial charge in [-0.15, -0.1) is 24.8 Å². The first-order chi connectivity index (χ1) is 11.7. The summed E-state index contributed by atoms with van der Waals surface area (Å²) in [6.07, 6.45) is 2.32. The number of piperidine rings is 3. The lowest BCUT2D eigenvalue weighted by Crippen LogP contribution is -2.51. The van der Waals surface area contributed by atoms with E-state index in [4.69, 9.17) is 5.73 Å². The molecule has 3 fully saturated rings. The Morgan fingerprint density at radius 2 is 1.46 bits per heavy atom. The molecule has 2 aromatic rings. The van der Waals surface area contributed by atoms with Gasteiger partial charge in [0.1, 0.15) is 0 Å². The number of anilines is 2. The highest BCUT2D eigenvalue weighted by Gasteiger charge is 2.38. The third-order valence-corrected chi connectivity index (χ3v) is 5.39. The average molecular weight is 394 g/mol. The van der Waals surface area contributed by atoms with E-state index in [1.54, 1.807) is 0 Å². The van der Waals surface area contributed by atoms with E-state index in [-0.39, 0.29) is 36.6 Å². The lowest BCUT2D eigenvalue weighted by Gasteiger charge is -2.43. The summed E-state index contributed by atoms with van der Waals surface area (Å²) >= 11 is 0. The largest absolute Gasteiger partial charge is 0.399 e. The van der Waals surface area contributed by atoms with Gasteiger partial charge in [-0.1, -0.05) is 24.3 Å². The minimum absolute atomic E-state index is 0. The van der Waals surface area contributed by atoms with Crippen LogP contribution >= 0.6 is 24.8 Å². The number of nitrogen functional groups attached to an aromatic ring is 1. The van der Waals surface area contributed by atoms with Crippen LogP contribution in [0.1, 0.15) is 12.8 Å². The maximum Gasteiger partial charge on any atom is 0.229 e. The predicted octanol–water partition coefficient (Wildman–Crippen LogP) is 4.06. The SMILES string of the molecule is Cl.Cl.Nc1ccc(-c2ccc(NC(=O)[C@H]3CN4CCC3CC4)cc2)cc1. The molecule has 5 rings (SSSR count). The van der Waals surface area contributed by atoms with Gasteiger partial charge in [0.15, 0.2) is 0 Å². The van der Waals surface area contributed by atoms with Crippen molar-refractivity contribution in [1.82, 2.24) is 4.90 Å². The molecule has 140 valence electrons. The summed E-state index contributed by atoms with van der Waals surface area (Å²) in [5.74, 6) is 0.873. The van der Waals surface area contributed by atoms with Crippen LogP contribution in [0, 0.1) is 11.8 Å². The first-order valence-corrected chi connectivity index (χ1v) is 8.68. The van der Waals surface area contributed by atoms with E-state index in [1.807, 2.05) is 48.5 Å². The number of benzene rings is 2. The van der Waals surface area contributed by atoms with Gasteiger partial charge in [-0.3, -0.25) is 4.79 Å². The van der Waals surface area contributed by atoms with Crippen molar-refractivity contribution in [3.8, 4) is 11.1 Å². The zero-order chi connectivity index (χ0) is 16.5. The lowest BCUT2D eigenvalue weighted by atomic mass is 9.78. The molecule has 3 aliphatic heterocycles. The number of hydrogen-bond acceptors (Lipinski definition) is 3. The Kier molecular flexibility index (Phi) is 6.93. The lowest BCUT2D eigenvalue weighted by molar-refractivity contribution is -0.125. The van der Waals surface area contributed by atoms with Gasteiger partial charge < -0.3 is 16.0 Å². The maximum absolute atomic E-state index is 12.6. The smallest absolute Gasteiger partial charge is 0.229 e.